The number of halogens is 12. The van der Waals surface area contributed by atoms with Crippen LogP contribution >= 0.6 is 0 Å². The van der Waals surface area contributed by atoms with Gasteiger partial charge in [0.2, 0.25) is 0 Å². The predicted octanol–water partition coefficient (Wildman–Crippen LogP) is 5.08. The van der Waals surface area contributed by atoms with Gasteiger partial charge in [-0.3, -0.25) is 0 Å². The van der Waals surface area contributed by atoms with Crippen LogP contribution in [0, 0.1) is 0 Å². The first-order valence-corrected chi connectivity index (χ1v) is 7.84. The third kappa shape index (κ3) is 5.32. The van der Waals surface area contributed by atoms with E-state index in [-0.39, 0.29) is 5.57 Å². The second-order valence-corrected chi connectivity index (χ2v) is 6.28. The first kappa shape index (κ1) is 28.3. The van der Waals surface area contributed by atoms with Gasteiger partial charge < -0.3 is 9.84 Å². The summed E-state index contributed by atoms with van der Waals surface area (Å²) in [5.74, 6) is -36.4. The molecule has 0 spiro atoms. The van der Waals surface area contributed by atoms with Crippen molar-refractivity contribution in [2.45, 2.75) is 68.3 Å². The van der Waals surface area contributed by atoms with E-state index < -0.39 is 74.0 Å². The molecule has 0 saturated heterocycles. The van der Waals surface area contributed by atoms with Crippen LogP contribution in [0.2, 0.25) is 0 Å². The zero-order valence-corrected chi connectivity index (χ0v) is 15.0. The van der Waals surface area contributed by atoms with Crippen LogP contribution in [0.5, 0.6) is 0 Å². The molecule has 0 amide bonds. The summed E-state index contributed by atoms with van der Waals surface area (Å²) in [6.45, 7) is 3.51. The van der Waals surface area contributed by atoms with E-state index in [2.05, 4.69) is 11.3 Å². The van der Waals surface area contributed by atoms with Gasteiger partial charge >= 0.3 is 42.0 Å². The summed E-state index contributed by atoms with van der Waals surface area (Å²) in [5, 5.41) is 9.35. The Balaban J connectivity index is 5.29. The normalized spacial score (nSPS) is 15.3. The number of ether oxygens (including phenoxy) is 1. The quantitative estimate of drug-likeness (QED) is 0.245. The van der Waals surface area contributed by atoms with Crippen LogP contribution in [0.3, 0.4) is 0 Å². The Bertz CT molecular complexity index is 618. The van der Waals surface area contributed by atoms with E-state index >= 15 is 0 Å². The second-order valence-electron chi connectivity index (χ2n) is 6.28. The highest BCUT2D eigenvalue weighted by Gasteiger charge is 2.87. The van der Waals surface area contributed by atoms with E-state index in [9.17, 15) is 62.6 Å². The third-order valence-electron chi connectivity index (χ3n) is 3.72. The van der Waals surface area contributed by atoms with Crippen molar-refractivity contribution in [2.75, 3.05) is 6.61 Å². The molecule has 1 N–H and O–H groups in total. The van der Waals surface area contributed by atoms with Crippen LogP contribution in [0.25, 0.3) is 0 Å². The molecule has 0 aromatic heterocycles. The van der Waals surface area contributed by atoms with Gasteiger partial charge in [-0.15, -0.1) is 0 Å². The molecule has 0 heterocycles. The maximum absolute atomic E-state index is 13.5. The Morgan fingerprint density at radius 1 is 0.933 bits per heavy atom. The van der Waals surface area contributed by atoms with Crippen LogP contribution in [0.4, 0.5) is 52.7 Å². The van der Waals surface area contributed by atoms with Crippen molar-refractivity contribution in [3.8, 4) is 0 Å². The molecule has 0 aromatic rings. The van der Waals surface area contributed by atoms with E-state index in [4.69, 9.17) is 0 Å². The van der Waals surface area contributed by atoms with E-state index in [1.165, 1.54) is 6.92 Å². The van der Waals surface area contributed by atoms with Crippen molar-refractivity contribution in [2.24, 2.45) is 0 Å². The van der Waals surface area contributed by atoms with Crippen molar-refractivity contribution in [3.63, 3.8) is 0 Å². The summed E-state index contributed by atoms with van der Waals surface area (Å²) < 4.78 is 160. The summed E-state index contributed by atoms with van der Waals surface area (Å²) in [4.78, 5) is 11.0. The molecular weight excluding hydrogens is 456 g/mol. The van der Waals surface area contributed by atoms with Gasteiger partial charge in [0.1, 0.15) is 6.61 Å². The number of aliphatic hydroxyl groups excluding tert-OH is 1. The number of esters is 1. The van der Waals surface area contributed by atoms with Gasteiger partial charge in [0, 0.05) is 12.0 Å². The lowest BCUT2D eigenvalue weighted by atomic mass is 9.92. The van der Waals surface area contributed by atoms with Crippen LogP contribution < -0.4 is 0 Å². The van der Waals surface area contributed by atoms with Crippen molar-refractivity contribution in [1.82, 2.24) is 0 Å². The van der Waals surface area contributed by atoms with Gasteiger partial charge in [-0.1, -0.05) is 6.58 Å². The second kappa shape index (κ2) is 9.22. The Hall–Kier alpha value is -1.67. The molecular formula is C15H16F12O3. The standard InChI is InChI=1S/C15H16F12O3/c1-7(2)9(29)30-6-8(28)4-3-5-11(18,19)13(22,23)15(26,27)14(24,25)12(20,21)10(16)17/h8,10,28H,1,3-6H2,2H3. The number of hydrogen-bond donors (Lipinski definition) is 1. The molecule has 3 nitrogen and oxygen atoms in total. The van der Waals surface area contributed by atoms with Crippen LogP contribution in [-0.4, -0.2) is 59.8 Å². The smallest absolute Gasteiger partial charge is 0.384 e. The minimum absolute atomic E-state index is 0.128. The van der Waals surface area contributed by atoms with E-state index in [0.29, 0.717) is 0 Å². The average molecular weight is 472 g/mol. The lowest BCUT2D eigenvalue weighted by Gasteiger charge is -2.39. The summed E-state index contributed by atoms with van der Waals surface area (Å²) >= 11 is 0. The molecule has 0 saturated carbocycles. The topological polar surface area (TPSA) is 46.5 Å². The summed E-state index contributed by atoms with van der Waals surface area (Å²) in [6, 6.07) is 0. The highest BCUT2D eigenvalue weighted by Crippen LogP contribution is 2.58. The Morgan fingerprint density at radius 2 is 1.40 bits per heavy atom. The highest BCUT2D eigenvalue weighted by molar-refractivity contribution is 5.86. The number of rotatable bonds is 12. The minimum Gasteiger partial charge on any atom is -0.460 e. The van der Waals surface area contributed by atoms with Gasteiger partial charge in [0.05, 0.1) is 6.10 Å². The first-order valence-electron chi connectivity index (χ1n) is 7.84. The van der Waals surface area contributed by atoms with Crippen molar-refractivity contribution in [1.29, 1.82) is 0 Å². The number of aliphatic hydroxyl groups is 1. The van der Waals surface area contributed by atoms with Crippen LogP contribution in [-0.2, 0) is 9.53 Å². The van der Waals surface area contributed by atoms with Gasteiger partial charge in [-0.25, -0.2) is 13.6 Å². The average Bonchev–Trinajstić information content (AvgIpc) is 2.58. The third-order valence-corrected chi connectivity index (χ3v) is 3.72. The molecule has 0 aliphatic heterocycles. The molecule has 0 aliphatic carbocycles. The fourth-order valence-electron chi connectivity index (χ4n) is 1.87. The van der Waals surface area contributed by atoms with E-state index in [1.54, 1.807) is 0 Å². The monoisotopic (exact) mass is 472 g/mol. The van der Waals surface area contributed by atoms with E-state index in [0.717, 1.165) is 0 Å². The Kier molecular flexibility index (Phi) is 8.71. The number of carbonyl (C=O) groups excluding carboxylic acids is 1. The molecule has 0 fully saturated rings. The van der Waals surface area contributed by atoms with Crippen molar-refractivity contribution >= 4 is 5.97 Å². The molecule has 1 unspecified atom stereocenters. The zero-order valence-electron chi connectivity index (χ0n) is 15.0. The largest absolute Gasteiger partial charge is 0.460 e. The Labute approximate surface area is 161 Å². The maximum atomic E-state index is 13.5. The fourth-order valence-corrected chi connectivity index (χ4v) is 1.87. The number of hydrogen-bond acceptors (Lipinski definition) is 3. The Morgan fingerprint density at radius 3 is 1.80 bits per heavy atom. The molecule has 0 aliphatic rings. The molecule has 0 bridgehead atoms. The van der Waals surface area contributed by atoms with Gasteiger partial charge in [-0.2, -0.15) is 43.9 Å². The summed E-state index contributed by atoms with van der Waals surface area (Å²) in [7, 11) is 0. The molecule has 0 radical (unpaired) electrons. The number of carbonyl (C=O) groups is 1. The van der Waals surface area contributed by atoms with Crippen molar-refractivity contribution in [3.05, 3.63) is 12.2 Å². The molecule has 30 heavy (non-hydrogen) atoms. The molecule has 0 rings (SSSR count). The van der Waals surface area contributed by atoms with Crippen LogP contribution in [0.15, 0.2) is 12.2 Å². The molecule has 1 atom stereocenters. The molecule has 0 aromatic carbocycles. The first-order chi connectivity index (χ1) is 13.2. The predicted molar refractivity (Wildman–Crippen MR) is 76.4 cm³/mol. The minimum atomic E-state index is -7.57. The maximum Gasteiger partial charge on any atom is 0.384 e. The fraction of sp³-hybridized carbons (Fsp3) is 0.800. The van der Waals surface area contributed by atoms with Crippen molar-refractivity contribution < 1.29 is 67.3 Å². The molecule has 178 valence electrons. The molecule has 15 heteroatoms. The lowest BCUT2D eigenvalue weighted by molar-refractivity contribution is -0.413. The summed E-state index contributed by atoms with van der Waals surface area (Å²) in [5.41, 5.74) is -0.128. The zero-order chi connectivity index (χ0) is 24.3. The van der Waals surface area contributed by atoms with Gasteiger partial charge in [-0.05, 0) is 19.8 Å². The lowest BCUT2D eigenvalue weighted by Crippen LogP contribution is -2.68. The summed E-state index contributed by atoms with van der Waals surface area (Å²) in [6.07, 6.45) is -11.8. The van der Waals surface area contributed by atoms with E-state index in [1.807, 2.05) is 0 Å². The number of alkyl halides is 12. The SMILES string of the molecule is C=C(C)C(=O)OCC(O)CCCC(F)(F)C(F)(F)C(F)(F)C(F)(F)C(F)(F)C(F)F. The van der Waals surface area contributed by atoms with Gasteiger partial charge in [0.15, 0.2) is 0 Å². The highest BCUT2D eigenvalue weighted by atomic mass is 19.4. The van der Waals surface area contributed by atoms with Gasteiger partial charge in [0.25, 0.3) is 0 Å². The van der Waals surface area contributed by atoms with Crippen LogP contribution in [0.1, 0.15) is 26.2 Å².